The molecule has 0 bridgehead atoms. The highest BCUT2D eigenvalue weighted by molar-refractivity contribution is 6.26. The molecule has 10 aromatic rings. The van der Waals surface area contributed by atoms with Gasteiger partial charge in [0.25, 0.3) is 0 Å². The Kier molecular flexibility index (Phi) is 5.84. The van der Waals surface area contributed by atoms with Crippen LogP contribution in [-0.4, -0.2) is 19.1 Å². The van der Waals surface area contributed by atoms with Gasteiger partial charge in [-0.05, 0) is 47.5 Å². The Morgan fingerprint density at radius 3 is 1.71 bits per heavy atom. The number of benzene rings is 7. The van der Waals surface area contributed by atoms with Gasteiger partial charge in [0, 0.05) is 38.2 Å². The first kappa shape index (κ1) is 26.7. The van der Waals surface area contributed by atoms with E-state index in [-0.39, 0.29) is 0 Å². The molecule has 3 aromatic heterocycles. The monoisotopic (exact) mass is 612 g/mol. The maximum atomic E-state index is 5.41. The fourth-order valence-electron chi connectivity index (χ4n) is 7.41. The summed E-state index contributed by atoms with van der Waals surface area (Å²) >= 11 is 0. The van der Waals surface area contributed by atoms with Crippen LogP contribution in [0.15, 0.2) is 170 Å². The van der Waals surface area contributed by atoms with Crippen molar-refractivity contribution in [1.29, 1.82) is 0 Å². The van der Waals surface area contributed by atoms with Crippen LogP contribution in [0.5, 0.6) is 0 Å². The second-order valence-electron chi connectivity index (χ2n) is 12.2. The van der Waals surface area contributed by atoms with Gasteiger partial charge in [-0.3, -0.25) is 4.57 Å². The van der Waals surface area contributed by atoms with Crippen LogP contribution in [0, 0.1) is 0 Å². The van der Waals surface area contributed by atoms with Gasteiger partial charge in [-0.15, -0.1) is 0 Å². The Bertz CT molecular complexity index is 2810. The first-order chi connectivity index (χ1) is 23.8. The van der Waals surface area contributed by atoms with Gasteiger partial charge in [-0.1, -0.05) is 133 Å². The molecule has 4 heteroatoms. The van der Waals surface area contributed by atoms with E-state index in [0.717, 1.165) is 44.4 Å². The topological polar surface area (TPSA) is 35.6 Å². The summed E-state index contributed by atoms with van der Waals surface area (Å²) in [5, 5.41) is 5.77. The van der Waals surface area contributed by atoms with Gasteiger partial charge in [0.1, 0.15) is 0 Å². The minimum absolute atomic E-state index is 0.658. The molecule has 0 fully saturated rings. The summed E-state index contributed by atoms with van der Waals surface area (Å²) < 4.78 is 4.65. The van der Waals surface area contributed by atoms with Gasteiger partial charge in [0.15, 0.2) is 0 Å². The van der Waals surface area contributed by atoms with Crippen LogP contribution in [0.1, 0.15) is 0 Å². The highest BCUT2D eigenvalue weighted by Crippen LogP contribution is 2.42. The number of hydrogen-bond acceptors (Lipinski definition) is 2. The number of para-hydroxylation sites is 4. The van der Waals surface area contributed by atoms with Crippen molar-refractivity contribution in [2.24, 2.45) is 0 Å². The molecule has 7 aromatic carbocycles. The molecule has 0 saturated heterocycles. The van der Waals surface area contributed by atoms with Crippen molar-refractivity contribution in [3.63, 3.8) is 0 Å². The zero-order valence-corrected chi connectivity index (χ0v) is 26.0. The maximum absolute atomic E-state index is 5.41. The highest BCUT2D eigenvalue weighted by Gasteiger charge is 2.22. The van der Waals surface area contributed by atoms with Crippen LogP contribution in [0.2, 0.25) is 0 Å². The highest BCUT2D eigenvalue weighted by atomic mass is 15.2. The number of nitrogens with zero attached hydrogens (tertiary/aromatic N) is 4. The van der Waals surface area contributed by atoms with E-state index in [4.69, 9.17) is 9.97 Å². The lowest BCUT2D eigenvalue weighted by Gasteiger charge is -2.13. The number of hydrogen-bond donors (Lipinski definition) is 0. The van der Waals surface area contributed by atoms with E-state index >= 15 is 0 Å². The van der Waals surface area contributed by atoms with Crippen molar-refractivity contribution in [2.75, 3.05) is 0 Å². The summed E-state index contributed by atoms with van der Waals surface area (Å²) in [6, 6.07) is 60.0. The summed E-state index contributed by atoms with van der Waals surface area (Å²) in [4.78, 5) is 10.7. The van der Waals surface area contributed by atoms with Crippen LogP contribution in [-0.2, 0) is 0 Å². The minimum Gasteiger partial charge on any atom is -0.309 e. The molecule has 3 heterocycles. The largest absolute Gasteiger partial charge is 0.309 e. The van der Waals surface area contributed by atoms with E-state index in [2.05, 4.69) is 173 Å². The summed E-state index contributed by atoms with van der Waals surface area (Å²) in [6.07, 6.45) is 0. The molecule has 48 heavy (non-hydrogen) atoms. The second-order valence-corrected chi connectivity index (χ2v) is 12.2. The molecule has 0 aliphatic heterocycles. The minimum atomic E-state index is 0.658. The van der Waals surface area contributed by atoms with Crippen molar-refractivity contribution in [1.82, 2.24) is 19.1 Å². The Morgan fingerprint density at radius 2 is 0.938 bits per heavy atom. The van der Waals surface area contributed by atoms with E-state index in [9.17, 15) is 0 Å². The first-order valence-electron chi connectivity index (χ1n) is 16.3. The van der Waals surface area contributed by atoms with Gasteiger partial charge >= 0.3 is 0 Å². The number of rotatable bonds is 4. The molecule has 0 spiro atoms. The summed E-state index contributed by atoms with van der Waals surface area (Å²) in [7, 11) is 0. The molecule has 10 rings (SSSR count). The lowest BCUT2D eigenvalue weighted by molar-refractivity contribution is 1.02. The van der Waals surface area contributed by atoms with Gasteiger partial charge in [0.05, 0.1) is 33.3 Å². The molecule has 0 radical (unpaired) electrons. The molecule has 0 N–H and O–H groups in total. The standard InChI is InChI=1S/C44H28N4/c1-3-13-29(14-4-1)30-23-25-31(26-24-30)42-35-18-7-10-20-37(35)45-44(46-42)48-38-21-11-8-17-33(38)34-27-28-40-41(43(34)48)36-19-9-12-22-39(36)47(40)32-15-5-2-6-16-32/h1-28H. The average molecular weight is 613 g/mol. The summed E-state index contributed by atoms with van der Waals surface area (Å²) in [6.45, 7) is 0. The third-order valence-electron chi connectivity index (χ3n) is 9.54. The number of aromatic nitrogens is 4. The predicted molar refractivity (Wildman–Crippen MR) is 199 cm³/mol. The fourth-order valence-corrected chi connectivity index (χ4v) is 7.41. The third-order valence-corrected chi connectivity index (χ3v) is 9.54. The van der Waals surface area contributed by atoms with Crippen LogP contribution in [0.3, 0.4) is 0 Å². The lowest BCUT2D eigenvalue weighted by atomic mass is 10.0. The molecule has 0 amide bonds. The lowest BCUT2D eigenvalue weighted by Crippen LogP contribution is -2.03. The fraction of sp³-hybridized carbons (Fsp3) is 0. The van der Waals surface area contributed by atoms with Crippen molar-refractivity contribution >= 4 is 54.5 Å². The normalized spacial score (nSPS) is 11.8. The molecule has 4 nitrogen and oxygen atoms in total. The van der Waals surface area contributed by atoms with Crippen LogP contribution in [0.25, 0.3) is 88.5 Å². The quantitative estimate of drug-likeness (QED) is 0.198. The van der Waals surface area contributed by atoms with E-state index in [1.807, 2.05) is 6.07 Å². The molecular weight excluding hydrogens is 585 g/mol. The van der Waals surface area contributed by atoms with Crippen molar-refractivity contribution in [3.05, 3.63) is 170 Å². The summed E-state index contributed by atoms with van der Waals surface area (Å²) in [5.74, 6) is 0.658. The molecule has 0 atom stereocenters. The van der Waals surface area contributed by atoms with Gasteiger partial charge in [-0.2, -0.15) is 0 Å². The Labute approximate surface area is 276 Å². The number of fused-ring (bicyclic) bond motifs is 8. The van der Waals surface area contributed by atoms with Gasteiger partial charge in [-0.25, -0.2) is 9.97 Å². The molecule has 0 unspecified atom stereocenters. The SMILES string of the molecule is c1ccc(-c2ccc(-c3nc(-n4c5ccccc5c5ccc6c(c7ccccc7n6-c6ccccc6)c54)nc4ccccc34)cc2)cc1. The Morgan fingerprint density at radius 1 is 0.354 bits per heavy atom. The molecule has 224 valence electrons. The van der Waals surface area contributed by atoms with Crippen molar-refractivity contribution in [3.8, 4) is 34.0 Å². The van der Waals surface area contributed by atoms with Gasteiger partial charge < -0.3 is 4.57 Å². The van der Waals surface area contributed by atoms with Crippen LogP contribution >= 0.6 is 0 Å². The molecule has 0 aliphatic rings. The van der Waals surface area contributed by atoms with Gasteiger partial charge in [0.2, 0.25) is 5.95 Å². The predicted octanol–water partition coefficient (Wildman–Crippen LogP) is 11.2. The van der Waals surface area contributed by atoms with E-state index in [1.165, 1.54) is 38.2 Å². The van der Waals surface area contributed by atoms with Crippen LogP contribution < -0.4 is 0 Å². The van der Waals surface area contributed by atoms with Crippen LogP contribution in [0.4, 0.5) is 0 Å². The zero-order valence-electron chi connectivity index (χ0n) is 26.0. The van der Waals surface area contributed by atoms with Crippen molar-refractivity contribution in [2.45, 2.75) is 0 Å². The summed E-state index contributed by atoms with van der Waals surface area (Å²) in [5.41, 5.74) is 10.9. The smallest absolute Gasteiger partial charge is 0.235 e. The molecular formula is C44H28N4. The van der Waals surface area contributed by atoms with E-state index < -0.39 is 0 Å². The Balaban J connectivity index is 1.30. The molecule has 0 aliphatic carbocycles. The van der Waals surface area contributed by atoms with E-state index in [0.29, 0.717) is 5.95 Å². The third kappa shape index (κ3) is 3.96. The molecule has 0 saturated carbocycles. The van der Waals surface area contributed by atoms with E-state index in [1.54, 1.807) is 0 Å². The first-order valence-corrected chi connectivity index (χ1v) is 16.3. The Hall–Kier alpha value is -6.52. The second kappa shape index (κ2) is 10.5. The average Bonchev–Trinajstić information content (AvgIpc) is 3.68. The maximum Gasteiger partial charge on any atom is 0.235 e. The van der Waals surface area contributed by atoms with Crippen molar-refractivity contribution < 1.29 is 0 Å². The zero-order chi connectivity index (χ0) is 31.6.